The highest BCUT2D eigenvalue weighted by molar-refractivity contribution is 6.52. The fraction of sp³-hybridized carbons (Fsp3) is 0.0833. The summed E-state index contributed by atoms with van der Waals surface area (Å²) < 4.78 is 0. The Morgan fingerprint density at radius 2 is 1.70 bits per heavy atom. The van der Waals surface area contributed by atoms with Gasteiger partial charge >= 0.3 is 0 Å². The molecule has 1 aliphatic heterocycles. The van der Waals surface area contributed by atoms with E-state index < -0.39 is 17.7 Å². The quantitative estimate of drug-likeness (QED) is 0.356. The normalized spacial score (nSPS) is 18.1. The van der Waals surface area contributed by atoms with Crippen LogP contribution in [0.2, 0.25) is 5.02 Å². The van der Waals surface area contributed by atoms with E-state index in [2.05, 4.69) is 0 Å². The summed E-state index contributed by atoms with van der Waals surface area (Å²) in [5, 5.41) is 21.8. The number of aryl methyl sites for hydroxylation is 1. The third kappa shape index (κ3) is 3.33. The van der Waals surface area contributed by atoms with Crippen molar-refractivity contribution in [2.75, 3.05) is 4.90 Å². The first-order valence-electron chi connectivity index (χ1n) is 9.30. The van der Waals surface area contributed by atoms with E-state index in [4.69, 9.17) is 11.6 Å². The number of rotatable bonds is 3. The number of phenolic OH excluding ortho intramolecular Hbond substituents is 1. The van der Waals surface area contributed by atoms with E-state index in [0.29, 0.717) is 16.1 Å². The standard InChI is InChI=1S/C24H18ClNO4/c1-14-6-4-7-15(12-14)21-20(22(28)16-8-5-9-17(25)13-16)23(29)24(30)26(21)18-10-2-3-11-19(18)27/h2-13,21,27-28H,1H3/b22-20-. The molecule has 3 aromatic rings. The molecule has 1 heterocycles. The molecule has 2 N–H and O–H groups in total. The minimum Gasteiger partial charge on any atom is -0.507 e. The van der Waals surface area contributed by atoms with E-state index in [0.717, 1.165) is 5.56 Å². The number of aliphatic hydroxyl groups excluding tert-OH is 1. The molecule has 1 fully saturated rings. The average Bonchev–Trinajstić information content (AvgIpc) is 2.99. The van der Waals surface area contributed by atoms with E-state index in [1.54, 1.807) is 42.5 Å². The van der Waals surface area contributed by atoms with Gasteiger partial charge in [-0.05, 0) is 36.8 Å². The lowest BCUT2D eigenvalue weighted by Crippen LogP contribution is -2.29. The number of amides is 1. The first kappa shape index (κ1) is 19.7. The van der Waals surface area contributed by atoms with Crippen LogP contribution >= 0.6 is 11.6 Å². The van der Waals surface area contributed by atoms with Gasteiger partial charge in [-0.15, -0.1) is 0 Å². The molecule has 1 unspecified atom stereocenters. The molecule has 0 aromatic heterocycles. The van der Waals surface area contributed by atoms with Crippen molar-refractivity contribution in [3.8, 4) is 5.75 Å². The molecule has 0 aliphatic carbocycles. The van der Waals surface area contributed by atoms with Crippen LogP contribution in [0.25, 0.3) is 5.76 Å². The Hall–Kier alpha value is -3.57. The second kappa shape index (κ2) is 7.69. The number of hydrogen-bond acceptors (Lipinski definition) is 4. The zero-order valence-corrected chi connectivity index (χ0v) is 16.8. The number of para-hydroxylation sites is 2. The number of phenols is 1. The topological polar surface area (TPSA) is 77.8 Å². The lowest BCUT2D eigenvalue weighted by Gasteiger charge is -2.26. The van der Waals surface area contributed by atoms with Crippen LogP contribution in [0.3, 0.4) is 0 Å². The average molecular weight is 420 g/mol. The molecular formula is C24H18ClNO4. The molecule has 0 saturated carbocycles. The molecule has 1 aliphatic rings. The molecule has 0 bridgehead atoms. The van der Waals surface area contributed by atoms with Crippen LogP contribution in [0.1, 0.15) is 22.7 Å². The zero-order chi connectivity index (χ0) is 21.4. The summed E-state index contributed by atoms with van der Waals surface area (Å²) in [4.78, 5) is 27.3. The lowest BCUT2D eigenvalue weighted by atomic mass is 9.94. The molecule has 4 rings (SSSR count). The number of nitrogens with zero attached hydrogens (tertiary/aromatic N) is 1. The van der Waals surface area contributed by atoms with E-state index in [1.807, 2.05) is 25.1 Å². The zero-order valence-electron chi connectivity index (χ0n) is 16.0. The second-order valence-electron chi connectivity index (χ2n) is 7.08. The number of carbonyl (C=O) groups is 2. The molecule has 30 heavy (non-hydrogen) atoms. The summed E-state index contributed by atoms with van der Waals surface area (Å²) in [6.45, 7) is 1.90. The van der Waals surface area contributed by atoms with Gasteiger partial charge in [-0.1, -0.05) is 65.7 Å². The van der Waals surface area contributed by atoms with E-state index in [1.165, 1.54) is 17.0 Å². The summed E-state index contributed by atoms with van der Waals surface area (Å²) in [6, 6.07) is 19.2. The Kier molecular flexibility index (Phi) is 5.06. The van der Waals surface area contributed by atoms with Gasteiger partial charge in [-0.25, -0.2) is 0 Å². The van der Waals surface area contributed by atoms with E-state index >= 15 is 0 Å². The molecular weight excluding hydrogens is 402 g/mol. The van der Waals surface area contributed by atoms with Crippen molar-refractivity contribution in [1.82, 2.24) is 0 Å². The van der Waals surface area contributed by atoms with Gasteiger partial charge in [0.2, 0.25) is 0 Å². The highest BCUT2D eigenvalue weighted by atomic mass is 35.5. The number of benzene rings is 3. The van der Waals surface area contributed by atoms with Gasteiger partial charge < -0.3 is 10.2 Å². The maximum atomic E-state index is 13.0. The van der Waals surface area contributed by atoms with Crippen molar-refractivity contribution < 1.29 is 19.8 Å². The largest absolute Gasteiger partial charge is 0.507 e. The summed E-state index contributed by atoms with van der Waals surface area (Å²) >= 11 is 6.05. The van der Waals surface area contributed by atoms with Gasteiger partial charge in [-0.3, -0.25) is 14.5 Å². The molecule has 1 saturated heterocycles. The van der Waals surface area contributed by atoms with Crippen molar-refractivity contribution in [1.29, 1.82) is 0 Å². The first-order chi connectivity index (χ1) is 14.4. The van der Waals surface area contributed by atoms with E-state index in [9.17, 15) is 19.8 Å². The van der Waals surface area contributed by atoms with Crippen LogP contribution in [-0.4, -0.2) is 21.9 Å². The highest BCUT2D eigenvalue weighted by Crippen LogP contribution is 2.44. The minimum absolute atomic E-state index is 0.0591. The number of Topliss-reactive ketones (excluding diaryl/α,β-unsaturated/α-hetero) is 1. The number of anilines is 1. The molecule has 150 valence electrons. The lowest BCUT2D eigenvalue weighted by molar-refractivity contribution is -0.132. The molecule has 0 spiro atoms. The minimum atomic E-state index is -0.905. The fourth-order valence-electron chi connectivity index (χ4n) is 3.70. The van der Waals surface area contributed by atoms with Crippen molar-refractivity contribution in [3.05, 3.63) is 100 Å². The van der Waals surface area contributed by atoms with Gasteiger partial charge in [0.25, 0.3) is 11.7 Å². The van der Waals surface area contributed by atoms with Crippen LogP contribution in [0.4, 0.5) is 5.69 Å². The third-order valence-corrected chi connectivity index (χ3v) is 5.28. The number of halogens is 1. The summed E-state index contributed by atoms with van der Waals surface area (Å²) in [7, 11) is 0. The van der Waals surface area contributed by atoms with Crippen LogP contribution in [0.5, 0.6) is 5.75 Å². The maximum Gasteiger partial charge on any atom is 0.300 e. The summed E-state index contributed by atoms with van der Waals surface area (Å²) in [5.41, 5.74) is 2.03. The van der Waals surface area contributed by atoms with Crippen LogP contribution in [-0.2, 0) is 9.59 Å². The Labute approximate surface area is 178 Å². The van der Waals surface area contributed by atoms with Gasteiger partial charge in [-0.2, -0.15) is 0 Å². The monoisotopic (exact) mass is 419 g/mol. The number of aromatic hydroxyl groups is 1. The SMILES string of the molecule is Cc1cccc(C2/C(=C(/O)c3cccc(Cl)c3)C(=O)C(=O)N2c2ccccc2O)c1. The Morgan fingerprint density at radius 1 is 0.967 bits per heavy atom. The molecule has 3 aromatic carbocycles. The molecule has 5 nitrogen and oxygen atoms in total. The molecule has 1 amide bonds. The number of aliphatic hydroxyl groups is 1. The molecule has 1 atom stereocenters. The van der Waals surface area contributed by atoms with Gasteiger partial charge in [0.1, 0.15) is 11.5 Å². The van der Waals surface area contributed by atoms with Crippen LogP contribution < -0.4 is 4.90 Å². The second-order valence-corrected chi connectivity index (χ2v) is 7.52. The van der Waals surface area contributed by atoms with Crippen molar-refractivity contribution >= 4 is 34.7 Å². The van der Waals surface area contributed by atoms with Crippen LogP contribution in [0.15, 0.2) is 78.4 Å². The van der Waals surface area contributed by atoms with Gasteiger partial charge in [0, 0.05) is 10.6 Å². The Bertz CT molecular complexity index is 1200. The number of carbonyl (C=O) groups excluding carboxylic acids is 2. The third-order valence-electron chi connectivity index (χ3n) is 5.04. The van der Waals surface area contributed by atoms with Gasteiger partial charge in [0.05, 0.1) is 17.3 Å². The highest BCUT2D eigenvalue weighted by Gasteiger charge is 2.47. The Morgan fingerprint density at radius 3 is 2.40 bits per heavy atom. The van der Waals surface area contributed by atoms with Gasteiger partial charge in [0.15, 0.2) is 0 Å². The number of ketones is 1. The first-order valence-corrected chi connectivity index (χ1v) is 9.68. The van der Waals surface area contributed by atoms with E-state index in [-0.39, 0.29) is 22.8 Å². The van der Waals surface area contributed by atoms with Crippen LogP contribution in [0, 0.1) is 6.92 Å². The van der Waals surface area contributed by atoms with Crippen molar-refractivity contribution in [2.45, 2.75) is 13.0 Å². The molecule has 6 heteroatoms. The summed E-state index contributed by atoms with van der Waals surface area (Å²) in [5.74, 6) is -2.12. The maximum absolute atomic E-state index is 13.0. The van der Waals surface area contributed by atoms with Crippen molar-refractivity contribution in [2.24, 2.45) is 0 Å². The van der Waals surface area contributed by atoms with Crippen molar-refractivity contribution in [3.63, 3.8) is 0 Å². The molecule has 0 radical (unpaired) electrons. The predicted octanol–water partition coefficient (Wildman–Crippen LogP) is 4.98. The Balaban J connectivity index is 1.99. The predicted molar refractivity (Wildman–Crippen MR) is 116 cm³/mol. The smallest absolute Gasteiger partial charge is 0.300 e. The fourth-order valence-corrected chi connectivity index (χ4v) is 3.89. The number of hydrogen-bond donors (Lipinski definition) is 2. The summed E-state index contributed by atoms with van der Waals surface area (Å²) in [6.07, 6.45) is 0.